The molecule has 1 aliphatic rings. The Balaban J connectivity index is 1.66. The van der Waals surface area contributed by atoms with E-state index in [1.807, 2.05) is 30.3 Å². The van der Waals surface area contributed by atoms with Crippen LogP contribution in [0.4, 0.5) is 5.69 Å². The zero-order valence-electron chi connectivity index (χ0n) is 12.6. The van der Waals surface area contributed by atoms with E-state index < -0.39 is 0 Å². The maximum atomic E-state index is 12.8. The minimum atomic E-state index is -0.149. The molecule has 0 bridgehead atoms. The van der Waals surface area contributed by atoms with E-state index in [1.165, 1.54) is 5.56 Å². The van der Waals surface area contributed by atoms with Crippen LogP contribution in [0.25, 0.3) is 11.3 Å². The van der Waals surface area contributed by atoms with Crippen molar-refractivity contribution in [3.8, 4) is 11.3 Å². The largest absolute Gasteiger partial charge is 0.451 e. The fourth-order valence-corrected chi connectivity index (χ4v) is 3.37. The number of benzene rings is 2. The van der Waals surface area contributed by atoms with Gasteiger partial charge in [-0.2, -0.15) is 0 Å². The zero-order valence-corrected chi connectivity index (χ0v) is 14.1. The molecule has 1 aromatic heterocycles. The lowest BCUT2D eigenvalue weighted by Crippen LogP contribution is -2.28. The van der Waals surface area contributed by atoms with Crippen LogP contribution in [-0.2, 0) is 6.42 Å². The SMILES string of the molecule is O=C(c1ccc(-c2cccc(Cl)c2Cl)o1)N1CCc2ccccc21. The van der Waals surface area contributed by atoms with Crippen LogP contribution in [0.2, 0.25) is 10.0 Å². The molecule has 0 spiro atoms. The fraction of sp³-hybridized carbons (Fsp3) is 0.105. The standard InChI is InChI=1S/C19H13Cl2NO2/c20-14-6-3-5-13(18(14)21)16-8-9-17(24-16)19(23)22-11-10-12-4-1-2-7-15(12)22/h1-9H,10-11H2. The summed E-state index contributed by atoms with van der Waals surface area (Å²) in [6, 6.07) is 16.7. The number of hydrogen-bond acceptors (Lipinski definition) is 2. The number of furan rings is 1. The summed E-state index contributed by atoms with van der Waals surface area (Å²) in [5.74, 6) is 0.667. The van der Waals surface area contributed by atoms with Gasteiger partial charge in [0, 0.05) is 17.8 Å². The molecule has 0 aliphatic carbocycles. The molecule has 0 saturated carbocycles. The second-order valence-corrected chi connectivity index (χ2v) is 6.39. The third-order valence-corrected chi connectivity index (χ3v) is 4.99. The van der Waals surface area contributed by atoms with Crippen molar-refractivity contribution in [1.29, 1.82) is 0 Å². The van der Waals surface area contributed by atoms with Gasteiger partial charge in [0.25, 0.3) is 5.91 Å². The van der Waals surface area contributed by atoms with E-state index >= 15 is 0 Å². The molecule has 120 valence electrons. The Morgan fingerprint density at radius 2 is 1.83 bits per heavy atom. The van der Waals surface area contributed by atoms with Crippen LogP contribution < -0.4 is 4.90 Å². The first-order valence-corrected chi connectivity index (χ1v) is 8.35. The molecule has 3 nitrogen and oxygen atoms in total. The predicted octanol–water partition coefficient (Wildman–Crippen LogP) is 5.46. The van der Waals surface area contributed by atoms with Gasteiger partial charge in [-0.25, -0.2) is 0 Å². The first-order valence-electron chi connectivity index (χ1n) is 7.59. The Labute approximate surface area is 149 Å². The number of halogens is 2. The summed E-state index contributed by atoms with van der Waals surface area (Å²) < 4.78 is 5.76. The van der Waals surface area contributed by atoms with Crippen LogP contribution in [0.15, 0.2) is 59.0 Å². The zero-order chi connectivity index (χ0) is 16.7. The van der Waals surface area contributed by atoms with Crippen LogP contribution >= 0.6 is 23.2 Å². The first-order chi connectivity index (χ1) is 11.6. The van der Waals surface area contributed by atoms with Crippen molar-refractivity contribution >= 4 is 34.8 Å². The minimum Gasteiger partial charge on any atom is -0.451 e. The quantitative estimate of drug-likeness (QED) is 0.610. The number of nitrogens with zero attached hydrogens (tertiary/aromatic N) is 1. The van der Waals surface area contributed by atoms with Gasteiger partial charge >= 0.3 is 0 Å². The number of carbonyl (C=O) groups is 1. The van der Waals surface area contributed by atoms with Gasteiger partial charge < -0.3 is 9.32 Å². The first kappa shape index (κ1) is 15.3. The van der Waals surface area contributed by atoms with E-state index in [0.29, 0.717) is 27.9 Å². The molecule has 2 heterocycles. The summed E-state index contributed by atoms with van der Waals surface area (Å²) in [5, 5.41) is 0.867. The highest BCUT2D eigenvalue weighted by Gasteiger charge is 2.27. The van der Waals surface area contributed by atoms with Crippen LogP contribution in [0.1, 0.15) is 16.1 Å². The van der Waals surface area contributed by atoms with E-state index in [-0.39, 0.29) is 11.7 Å². The van der Waals surface area contributed by atoms with E-state index in [1.54, 1.807) is 29.2 Å². The molecule has 0 fully saturated rings. The van der Waals surface area contributed by atoms with Gasteiger partial charge in [-0.3, -0.25) is 4.79 Å². The Morgan fingerprint density at radius 3 is 2.71 bits per heavy atom. The van der Waals surface area contributed by atoms with Gasteiger partial charge in [0.05, 0.1) is 10.0 Å². The lowest BCUT2D eigenvalue weighted by atomic mass is 10.2. The molecular formula is C19H13Cl2NO2. The summed E-state index contributed by atoms with van der Waals surface area (Å²) in [6.07, 6.45) is 0.857. The average Bonchev–Trinajstić information content (AvgIpc) is 3.24. The Bertz CT molecular complexity index is 933. The van der Waals surface area contributed by atoms with Crippen molar-refractivity contribution in [1.82, 2.24) is 0 Å². The molecule has 0 radical (unpaired) electrons. The highest BCUT2D eigenvalue weighted by atomic mass is 35.5. The van der Waals surface area contributed by atoms with Crippen molar-refractivity contribution in [2.24, 2.45) is 0 Å². The number of carbonyl (C=O) groups excluding carboxylic acids is 1. The van der Waals surface area contributed by atoms with Crippen LogP contribution in [-0.4, -0.2) is 12.5 Å². The fourth-order valence-electron chi connectivity index (χ4n) is 2.97. The minimum absolute atomic E-state index is 0.149. The third-order valence-electron chi connectivity index (χ3n) is 4.17. The van der Waals surface area contributed by atoms with E-state index in [9.17, 15) is 4.79 Å². The van der Waals surface area contributed by atoms with Crippen LogP contribution in [0, 0.1) is 0 Å². The van der Waals surface area contributed by atoms with Crippen molar-refractivity contribution < 1.29 is 9.21 Å². The van der Waals surface area contributed by atoms with E-state index in [2.05, 4.69) is 0 Å². The molecule has 4 rings (SSSR count). The molecule has 1 aliphatic heterocycles. The van der Waals surface area contributed by atoms with Gasteiger partial charge in [0.2, 0.25) is 0 Å². The van der Waals surface area contributed by atoms with Crippen molar-refractivity contribution in [3.63, 3.8) is 0 Å². The summed E-state index contributed by atoms with van der Waals surface area (Å²) in [4.78, 5) is 14.5. The monoisotopic (exact) mass is 357 g/mol. The smallest absolute Gasteiger partial charge is 0.294 e. The maximum Gasteiger partial charge on any atom is 0.294 e. The predicted molar refractivity (Wildman–Crippen MR) is 96.0 cm³/mol. The maximum absolute atomic E-state index is 12.8. The number of anilines is 1. The molecule has 24 heavy (non-hydrogen) atoms. The third kappa shape index (κ3) is 2.50. The summed E-state index contributed by atoms with van der Waals surface area (Å²) >= 11 is 12.3. The lowest BCUT2D eigenvalue weighted by molar-refractivity contribution is 0.0963. The number of para-hydroxylation sites is 1. The summed E-state index contributed by atoms with van der Waals surface area (Å²) in [6.45, 7) is 0.659. The van der Waals surface area contributed by atoms with Crippen molar-refractivity contribution in [2.75, 3.05) is 11.4 Å². The van der Waals surface area contributed by atoms with Gasteiger partial charge in [-0.15, -0.1) is 0 Å². The second kappa shape index (κ2) is 6.00. The number of fused-ring (bicyclic) bond motifs is 1. The number of amides is 1. The van der Waals surface area contributed by atoms with Crippen LogP contribution in [0.5, 0.6) is 0 Å². The molecular weight excluding hydrogens is 345 g/mol. The van der Waals surface area contributed by atoms with Crippen molar-refractivity contribution in [3.05, 3.63) is 76.0 Å². The highest BCUT2D eigenvalue weighted by Crippen LogP contribution is 2.35. The number of rotatable bonds is 2. The molecule has 0 N–H and O–H groups in total. The lowest BCUT2D eigenvalue weighted by Gasteiger charge is -2.15. The average molecular weight is 358 g/mol. The van der Waals surface area contributed by atoms with Crippen molar-refractivity contribution in [2.45, 2.75) is 6.42 Å². The Kier molecular flexibility index (Phi) is 3.83. The molecule has 2 aromatic carbocycles. The van der Waals surface area contributed by atoms with E-state index in [0.717, 1.165) is 12.1 Å². The molecule has 0 saturated heterocycles. The van der Waals surface area contributed by atoms with Gasteiger partial charge in [-0.05, 0) is 42.3 Å². The normalized spacial score (nSPS) is 13.2. The molecule has 0 atom stereocenters. The van der Waals surface area contributed by atoms with Crippen LogP contribution in [0.3, 0.4) is 0 Å². The Morgan fingerprint density at radius 1 is 1.00 bits per heavy atom. The molecule has 0 unspecified atom stereocenters. The topological polar surface area (TPSA) is 33.5 Å². The summed E-state index contributed by atoms with van der Waals surface area (Å²) in [7, 11) is 0. The Hall–Kier alpha value is -2.23. The molecule has 3 aromatic rings. The molecule has 1 amide bonds. The summed E-state index contributed by atoms with van der Waals surface area (Å²) in [5.41, 5.74) is 2.79. The molecule has 5 heteroatoms. The highest BCUT2D eigenvalue weighted by molar-refractivity contribution is 6.43. The van der Waals surface area contributed by atoms with Gasteiger partial charge in [-0.1, -0.05) is 47.5 Å². The second-order valence-electron chi connectivity index (χ2n) is 5.60. The number of hydrogen-bond donors (Lipinski definition) is 0. The van der Waals surface area contributed by atoms with E-state index in [4.69, 9.17) is 27.6 Å². The van der Waals surface area contributed by atoms with Gasteiger partial charge in [0.1, 0.15) is 5.76 Å². The van der Waals surface area contributed by atoms with Gasteiger partial charge in [0.15, 0.2) is 5.76 Å².